The zero-order valence-electron chi connectivity index (χ0n) is 10.8. The zero-order chi connectivity index (χ0) is 13.3. The minimum Gasteiger partial charge on any atom is -0.508 e. The molecule has 0 aliphatic carbocycles. The van der Waals surface area contributed by atoms with Crippen LogP contribution in [0.5, 0.6) is 5.75 Å². The van der Waals surface area contributed by atoms with E-state index in [2.05, 4.69) is 13.0 Å². The van der Waals surface area contributed by atoms with E-state index in [4.69, 9.17) is 0 Å². The summed E-state index contributed by atoms with van der Waals surface area (Å²) in [4.78, 5) is 0. The average molecular weight is 259 g/mol. The van der Waals surface area contributed by atoms with Crippen molar-refractivity contribution in [3.63, 3.8) is 0 Å². The number of aryl methyl sites for hydroxylation is 3. The Hall–Kier alpha value is -1.66. The Balaban J connectivity index is 2.46. The van der Waals surface area contributed by atoms with E-state index < -0.39 is 7.80 Å². The molecule has 2 aromatic rings. The molecule has 0 saturated heterocycles. The number of aromatic hydroxyl groups is 1. The average Bonchev–Trinajstić information content (AvgIpc) is 2.34. The van der Waals surface area contributed by atoms with Crippen molar-refractivity contribution in [1.82, 2.24) is 0 Å². The number of hydrogen-bond donors (Lipinski definition) is 1. The molecule has 0 aliphatic heterocycles. The van der Waals surface area contributed by atoms with Gasteiger partial charge >= 0.3 is 7.80 Å². The first-order valence-corrected chi connectivity index (χ1v) is 7.09. The Labute approximate surface area is 108 Å². The second-order valence-corrected chi connectivity index (χ2v) is 6.12. The van der Waals surface area contributed by atoms with Gasteiger partial charge in [0.05, 0.1) is 0 Å². The minimum absolute atomic E-state index is 0.193. The van der Waals surface area contributed by atoms with Crippen molar-refractivity contribution in [3.8, 4) is 5.75 Å². The smallest absolute Gasteiger partial charge is 0.415 e. The van der Waals surface area contributed by atoms with E-state index in [1.165, 1.54) is 5.56 Å². The normalized spacial score (nSPS) is 11.4. The van der Waals surface area contributed by atoms with Crippen molar-refractivity contribution in [2.45, 2.75) is 20.8 Å². The maximum Gasteiger partial charge on any atom is 0.415 e. The molecule has 1 atom stereocenters. The summed E-state index contributed by atoms with van der Waals surface area (Å²) in [6, 6.07) is 10.6. The molecule has 0 amide bonds. The Morgan fingerprint density at radius 1 is 0.889 bits per heavy atom. The van der Waals surface area contributed by atoms with E-state index >= 15 is 0 Å². The molecule has 0 saturated carbocycles. The van der Waals surface area contributed by atoms with Gasteiger partial charge < -0.3 is 5.11 Å². The van der Waals surface area contributed by atoms with Crippen LogP contribution >= 0.6 is 7.80 Å². The van der Waals surface area contributed by atoms with Crippen LogP contribution in [-0.4, -0.2) is 5.11 Å². The number of phenols is 1. The van der Waals surface area contributed by atoms with Gasteiger partial charge in [-0.2, -0.15) is 0 Å². The molecule has 1 unspecified atom stereocenters. The fraction of sp³-hybridized carbons (Fsp3) is 0.200. The van der Waals surface area contributed by atoms with E-state index in [1.54, 1.807) is 24.3 Å². The first-order valence-electron chi connectivity index (χ1n) is 5.83. The summed E-state index contributed by atoms with van der Waals surface area (Å²) in [6.45, 7) is 6.06. The van der Waals surface area contributed by atoms with Crippen LogP contribution in [0.15, 0.2) is 36.4 Å². The lowest BCUT2D eigenvalue weighted by molar-refractivity contribution is 0.475. The van der Waals surface area contributed by atoms with E-state index in [0.29, 0.717) is 0 Å². The van der Waals surface area contributed by atoms with Gasteiger partial charge in [-0.25, -0.2) is 0 Å². The summed E-state index contributed by atoms with van der Waals surface area (Å²) in [6.07, 6.45) is 0. The van der Waals surface area contributed by atoms with E-state index in [1.807, 2.05) is 19.9 Å². The van der Waals surface area contributed by atoms with Crippen molar-refractivity contribution < 1.29 is 9.67 Å². The number of phenolic OH excluding ortho intramolecular Hbond substituents is 1. The van der Waals surface area contributed by atoms with Crippen LogP contribution in [0.2, 0.25) is 0 Å². The van der Waals surface area contributed by atoms with Gasteiger partial charge in [-0.05, 0) is 62.2 Å². The third kappa shape index (κ3) is 2.44. The summed E-state index contributed by atoms with van der Waals surface area (Å²) >= 11 is 0. The van der Waals surface area contributed by atoms with Crippen LogP contribution in [0.3, 0.4) is 0 Å². The van der Waals surface area contributed by atoms with Crippen molar-refractivity contribution in [3.05, 3.63) is 53.1 Å². The highest BCUT2D eigenvalue weighted by atomic mass is 31.1. The number of rotatable bonds is 2. The highest BCUT2D eigenvalue weighted by Crippen LogP contribution is 2.24. The molecule has 0 spiro atoms. The van der Waals surface area contributed by atoms with Crippen molar-refractivity contribution in [2.24, 2.45) is 0 Å². The fourth-order valence-electron chi connectivity index (χ4n) is 1.89. The van der Waals surface area contributed by atoms with Gasteiger partial charge in [0.25, 0.3) is 0 Å². The molecule has 3 heteroatoms. The van der Waals surface area contributed by atoms with Crippen LogP contribution in [0.1, 0.15) is 16.7 Å². The van der Waals surface area contributed by atoms with Crippen LogP contribution < -0.4 is 10.6 Å². The van der Waals surface area contributed by atoms with Gasteiger partial charge in [0, 0.05) is 5.56 Å². The Morgan fingerprint density at radius 3 is 2.06 bits per heavy atom. The summed E-state index contributed by atoms with van der Waals surface area (Å²) < 4.78 is 12.5. The van der Waals surface area contributed by atoms with E-state index in [-0.39, 0.29) is 5.75 Å². The van der Waals surface area contributed by atoms with Crippen molar-refractivity contribution in [1.29, 1.82) is 0 Å². The Morgan fingerprint density at radius 2 is 1.44 bits per heavy atom. The molecule has 92 valence electrons. The fourth-order valence-corrected chi connectivity index (χ4v) is 3.29. The molecule has 0 heterocycles. The zero-order valence-corrected chi connectivity index (χ0v) is 11.7. The van der Waals surface area contributed by atoms with E-state index in [0.717, 1.165) is 21.7 Å². The molecule has 2 aromatic carbocycles. The lowest BCUT2D eigenvalue weighted by Crippen LogP contribution is -2.10. The maximum absolute atomic E-state index is 12.5. The highest BCUT2D eigenvalue weighted by Gasteiger charge is 2.26. The second kappa shape index (κ2) is 4.91. The predicted octanol–water partition coefficient (Wildman–Crippen LogP) is 3.10. The molecule has 0 bridgehead atoms. The molecule has 0 aromatic heterocycles. The van der Waals surface area contributed by atoms with Gasteiger partial charge in [0.15, 0.2) is 10.6 Å². The quantitative estimate of drug-likeness (QED) is 0.841. The third-order valence-electron chi connectivity index (χ3n) is 3.12. The molecule has 18 heavy (non-hydrogen) atoms. The molecule has 1 N–H and O–H groups in total. The van der Waals surface area contributed by atoms with Crippen molar-refractivity contribution in [2.75, 3.05) is 0 Å². The van der Waals surface area contributed by atoms with Crippen LogP contribution in [0.4, 0.5) is 0 Å². The van der Waals surface area contributed by atoms with E-state index in [9.17, 15) is 9.67 Å². The largest absolute Gasteiger partial charge is 0.508 e. The highest BCUT2D eigenvalue weighted by molar-refractivity contribution is 7.61. The summed E-state index contributed by atoms with van der Waals surface area (Å²) in [7, 11) is -1.59. The molecular weight excluding hydrogens is 243 g/mol. The SMILES string of the molecule is Cc1cc(C)c([P+](=O)c2ccc(O)cc2)cc1C. The molecule has 0 fully saturated rings. The topological polar surface area (TPSA) is 37.3 Å². The van der Waals surface area contributed by atoms with Crippen LogP contribution in [0, 0.1) is 20.8 Å². The standard InChI is InChI=1S/C15H15O2P/c1-10-8-12(3)15(9-11(10)2)18(17)14-6-4-13(16)5-7-14/h4-9H,1-3H3/p+1. The predicted molar refractivity (Wildman–Crippen MR) is 75.6 cm³/mol. The van der Waals surface area contributed by atoms with Gasteiger partial charge in [0.1, 0.15) is 5.75 Å². The number of hydrogen-bond acceptors (Lipinski definition) is 2. The lowest BCUT2D eigenvalue weighted by atomic mass is 10.1. The Kier molecular flexibility index (Phi) is 3.49. The van der Waals surface area contributed by atoms with Crippen LogP contribution in [0.25, 0.3) is 0 Å². The van der Waals surface area contributed by atoms with Gasteiger partial charge in [-0.3, -0.25) is 0 Å². The molecule has 0 aliphatic rings. The monoisotopic (exact) mass is 259 g/mol. The Bertz CT molecular complexity index is 601. The van der Waals surface area contributed by atoms with Crippen LogP contribution in [-0.2, 0) is 4.57 Å². The third-order valence-corrected chi connectivity index (χ3v) is 4.80. The van der Waals surface area contributed by atoms with Gasteiger partial charge in [0.2, 0.25) is 0 Å². The van der Waals surface area contributed by atoms with Crippen molar-refractivity contribution >= 4 is 18.4 Å². The number of benzene rings is 2. The van der Waals surface area contributed by atoms with Gasteiger partial charge in [-0.15, -0.1) is 0 Å². The molecule has 2 rings (SSSR count). The molecule has 2 nitrogen and oxygen atoms in total. The maximum atomic E-state index is 12.5. The first-order chi connectivity index (χ1) is 8.49. The summed E-state index contributed by atoms with van der Waals surface area (Å²) in [5, 5.41) is 10.9. The second-order valence-electron chi connectivity index (χ2n) is 4.53. The molecular formula is C15H16O2P+. The summed E-state index contributed by atoms with van der Waals surface area (Å²) in [5.41, 5.74) is 3.41. The lowest BCUT2D eigenvalue weighted by Gasteiger charge is -2.02. The first kappa shape index (κ1) is 12.8. The minimum atomic E-state index is -1.59. The molecule has 0 radical (unpaired) electrons. The summed E-state index contributed by atoms with van der Waals surface area (Å²) in [5.74, 6) is 0.193. The van der Waals surface area contributed by atoms with Gasteiger partial charge in [-0.1, -0.05) is 10.6 Å².